The molecule has 2 aromatic rings. The van der Waals surface area contributed by atoms with E-state index in [1.54, 1.807) is 14.0 Å². The van der Waals surface area contributed by atoms with Gasteiger partial charge in [0.15, 0.2) is 5.78 Å². The highest BCUT2D eigenvalue weighted by Gasteiger charge is 2.29. The third-order valence-electron chi connectivity index (χ3n) is 3.95. The first kappa shape index (κ1) is 13.7. The van der Waals surface area contributed by atoms with Gasteiger partial charge in [-0.05, 0) is 31.0 Å². The molecule has 0 spiro atoms. The summed E-state index contributed by atoms with van der Waals surface area (Å²) < 4.78 is 11.2. The van der Waals surface area contributed by atoms with Crippen LogP contribution < -0.4 is 9.47 Å². The van der Waals surface area contributed by atoms with Gasteiger partial charge in [0.1, 0.15) is 11.5 Å². The molecule has 1 heterocycles. The molecule has 1 aliphatic heterocycles. The Kier molecular flexibility index (Phi) is 3.65. The zero-order valence-corrected chi connectivity index (χ0v) is 12.3. The van der Waals surface area contributed by atoms with Crippen LogP contribution in [0.1, 0.15) is 34.3 Å². The summed E-state index contributed by atoms with van der Waals surface area (Å²) in [5.74, 6) is 1.99. The lowest BCUT2D eigenvalue weighted by Gasteiger charge is -2.14. The van der Waals surface area contributed by atoms with Gasteiger partial charge < -0.3 is 9.47 Å². The van der Waals surface area contributed by atoms with Gasteiger partial charge in [-0.3, -0.25) is 4.79 Å². The molecule has 2 aromatic carbocycles. The molecule has 0 fully saturated rings. The number of ether oxygens (including phenoxy) is 2. The van der Waals surface area contributed by atoms with E-state index in [2.05, 4.69) is 6.07 Å². The van der Waals surface area contributed by atoms with E-state index in [-0.39, 0.29) is 11.7 Å². The van der Waals surface area contributed by atoms with Gasteiger partial charge in [-0.1, -0.05) is 30.3 Å². The van der Waals surface area contributed by atoms with Crippen LogP contribution in [0.15, 0.2) is 42.5 Å². The van der Waals surface area contributed by atoms with Gasteiger partial charge in [0, 0.05) is 17.0 Å². The highest BCUT2D eigenvalue weighted by molar-refractivity contribution is 5.96. The minimum Gasteiger partial charge on any atom is -0.496 e. The lowest BCUT2D eigenvalue weighted by molar-refractivity contribution is 0.101. The third kappa shape index (κ3) is 2.51. The maximum absolute atomic E-state index is 11.8. The number of hydrogen-bond acceptors (Lipinski definition) is 3. The van der Waals surface area contributed by atoms with Gasteiger partial charge in [-0.25, -0.2) is 0 Å². The van der Waals surface area contributed by atoms with Crippen LogP contribution in [0.5, 0.6) is 11.5 Å². The Morgan fingerprint density at radius 3 is 2.81 bits per heavy atom. The summed E-state index contributed by atoms with van der Waals surface area (Å²) in [6.45, 7) is 2.21. The van der Waals surface area contributed by atoms with Crippen molar-refractivity contribution in [2.45, 2.75) is 19.3 Å². The molecule has 0 amide bonds. The molecule has 0 radical (unpaired) electrons. The van der Waals surface area contributed by atoms with E-state index < -0.39 is 0 Å². The molecule has 21 heavy (non-hydrogen) atoms. The van der Waals surface area contributed by atoms with Crippen molar-refractivity contribution in [3.05, 3.63) is 59.2 Å². The maximum atomic E-state index is 11.8. The number of fused-ring (bicyclic) bond motifs is 1. The highest BCUT2D eigenvalue weighted by Crippen LogP contribution is 2.39. The summed E-state index contributed by atoms with van der Waals surface area (Å²) in [5.41, 5.74) is 2.95. The van der Waals surface area contributed by atoms with Crippen molar-refractivity contribution in [2.75, 3.05) is 13.7 Å². The molecule has 108 valence electrons. The van der Waals surface area contributed by atoms with E-state index in [4.69, 9.17) is 9.47 Å². The fraction of sp³-hybridized carbons (Fsp3) is 0.278. The van der Waals surface area contributed by atoms with Gasteiger partial charge in [0.05, 0.1) is 13.7 Å². The summed E-state index contributed by atoms with van der Waals surface area (Å²) in [6, 6.07) is 13.7. The Morgan fingerprint density at radius 2 is 2.05 bits per heavy atom. The number of hydrogen-bond donors (Lipinski definition) is 0. The fourth-order valence-corrected chi connectivity index (χ4v) is 2.97. The number of benzene rings is 2. The normalized spacial score (nSPS) is 16.2. The Bertz CT molecular complexity index is 676. The SMILES string of the molecule is COc1ccccc1C[C@H]1COc2cccc(C(C)=O)c21. The van der Waals surface area contributed by atoms with Crippen LogP contribution in [0.4, 0.5) is 0 Å². The number of para-hydroxylation sites is 1. The summed E-state index contributed by atoms with van der Waals surface area (Å²) in [6.07, 6.45) is 0.807. The third-order valence-corrected chi connectivity index (χ3v) is 3.95. The first-order valence-electron chi connectivity index (χ1n) is 7.09. The van der Waals surface area contributed by atoms with Crippen molar-refractivity contribution >= 4 is 5.78 Å². The predicted octanol–water partition coefficient (Wildman–Crippen LogP) is 3.62. The summed E-state index contributed by atoms with van der Waals surface area (Å²) in [7, 11) is 1.68. The lowest BCUT2D eigenvalue weighted by atomic mass is 9.89. The number of methoxy groups -OCH3 is 1. The molecular weight excluding hydrogens is 264 g/mol. The Labute approximate surface area is 124 Å². The lowest BCUT2D eigenvalue weighted by Crippen LogP contribution is -2.08. The Morgan fingerprint density at radius 1 is 1.24 bits per heavy atom. The van der Waals surface area contributed by atoms with Crippen molar-refractivity contribution in [1.82, 2.24) is 0 Å². The highest BCUT2D eigenvalue weighted by atomic mass is 16.5. The van der Waals surface area contributed by atoms with E-state index in [9.17, 15) is 4.79 Å². The van der Waals surface area contributed by atoms with Crippen LogP contribution >= 0.6 is 0 Å². The fourth-order valence-electron chi connectivity index (χ4n) is 2.97. The molecule has 0 saturated carbocycles. The van der Waals surface area contributed by atoms with Crippen LogP contribution in [0.3, 0.4) is 0 Å². The Balaban J connectivity index is 1.96. The molecule has 3 rings (SSSR count). The number of carbonyl (C=O) groups excluding carboxylic acids is 1. The Hall–Kier alpha value is -2.29. The maximum Gasteiger partial charge on any atom is 0.160 e. The van der Waals surface area contributed by atoms with Crippen LogP contribution in [0.2, 0.25) is 0 Å². The second-order valence-corrected chi connectivity index (χ2v) is 5.30. The molecule has 3 heteroatoms. The molecule has 0 saturated heterocycles. The molecule has 0 bridgehead atoms. The van der Waals surface area contributed by atoms with Gasteiger partial charge in [-0.2, -0.15) is 0 Å². The van der Waals surface area contributed by atoms with Crippen molar-refractivity contribution in [2.24, 2.45) is 0 Å². The number of Topliss-reactive ketones (excluding diaryl/α,β-unsaturated/α-hetero) is 1. The standard InChI is InChI=1S/C18H18O3/c1-12(19)15-7-5-9-17-18(15)14(11-21-17)10-13-6-3-4-8-16(13)20-2/h3-9,14H,10-11H2,1-2H3/t14-/m0/s1. The summed E-state index contributed by atoms with van der Waals surface area (Å²) >= 11 is 0. The topological polar surface area (TPSA) is 35.5 Å². The number of rotatable bonds is 4. The van der Waals surface area contributed by atoms with E-state index in [1.165, 1.54) is 0 Å². The molecule has 3 nitrogen and oxygen atoms in total. The van der Waals surface area contributed by atoms with Gasteiger partial charge in [0.2, 0.25) is 0 Å². The molecule has 0 unspecified atom stereocenters. The first-order valence-corrected chi connectivity index (χ1v) is 7.09. The van der Waals surface area contributed by atoms with E-state index in [1.807, 2.05) is 36.4 Å². The number of carbonyl (C=O) groups is 1. The van der Waals surface area contributed by atoms with Gasteiger partial charge in [-0.15, -0.1) is 0 Å². The largest absolute Gasteiger partial charge is 0.496 e. The van der Waals surface area contributed by atoms with Gasteiger partial charge >= 0.3 is 0 Å². The minimum atomic E-state index is 0.0855. The van der Waals surface area contributed by atoms with Crippen molar-refractivity contribution in [1.29, 1.82) is 0 Å². The average molecular weight is 282 g/mol. The monoisotopic (exact) mass is 282 g/mol. The summed E-state index contributed by atoms with van der Waals surface area (Å²) in [5, 5.41) is 0. The second kappa shape index (κ2) is 5.60. The average Bonchev–Trinajstić information content (AvgIpc) is 2.91. The van der Waals surface area contributed by atoms with Crippen LogP contribution in [0.25, 0.3) is 0 Å². The van der Waals surface area contributed by atoms with Gasteiger partial charge in [0.25, 0.3) is 0 Å². The van der Waals surface area contributed by atoms with Crippen LogP contribution in [-0.4, -0.2) is 19.5 Å². The molecule has 0 aromatic heterocycles. The smallest absolute Gasteiger partial charge is 0.160 e. The van der Waals surface area contributed by atoms with E-state index in [0.29, 0.717) is 6.61 Å². The van der Waals surface area contributed by atoms with Crippen molar-refractivity contribution in [3.63, 3.8) is 0 Å². The van der Waals surface area contributed by atoms with E-state index in [0.717, 1.165) is 34.6 Å². The minimum absolute atomic E-state index is 0.0855. The van der Waals surface area contributed by atoms with Crippen LogP contribution in [-0.2, 0) is 6.42 Å². The molecular formula is C18H18O3. The van der Waals surface area contributed by atoms with Crippen LogP contribution in [0, 0.1) is 0 Å². The predicted molar refractivity (Wildman–Crippen MR) is 81.4 cm³/mol. The molecule has 0 aliphatic carbocycles. The second-order valence-electron chi connectivity index (χ2n) is 5.30. The number of ketones is 1. The zero-order chi connectivity index (χ0) is 14.8. The first-order chi connectivity index (χ1) is 10.2. The van der Waals surface area contributed by atoms with Crippen molar-refractivity contribution < 1.29 is 14.3 Å². The molecule has 0 N–H and O–H groups in total. The summed E-state index contributed by atoms with van der Waals surface area (Å²) in [4.78, 5) is 11.8. The molecule has 1 aliphatic rings. The van der Waals surface area contributed by atoms with Crippen molar-refractivity contribution in [3.8, 4) is 11.5 Å². The molecule has 1 atom stereocenters. The van der Waals surface area contributed by atoms with E-state index >= 15 is 0 Å². The zero-order valence-electron chi connectivity index (χ0n) is 12.3. The quantitative estimate of drug-likeness (QED) is 0.803.